The molecule has 0 amide bonds. The van der Waals surface area contributed by atoms with Gasteiger partial charge in [0.15, 0.2) is 0 Å². The lowest BCUT2D eigenvalue weighted by atomic mass is 9.76. The molecule has 3 N–H and O–H groups in total. The van der Waals surface area contributed by atoms with E-state index in [2.05, 4.69) is 9.62 Å². The van der Waals surface area contributed by atoms with Gasteiger partial charge in [-0.05, 0) is 45.5 Å². The average molecular weight is 283 g/mol. The first-order valence-corrected chi connectivity index (χ1v) is 7.87. The summed E-state index contributed by atoms with van der Waals surface area (Å²) in [6, 6.07) is 6.53. The predicted octanol–water partition coefficient (Wildman–Crippen LogP) is 1.03. The second-order valence-corrected chi connectivity index (χ2v) is 7.07. The molecule has 0 radical (unpaired) electrons. The highest BCUT2D eigenvalue weighted by molar-refractivity contribution is 7.89. The van der Waals surface area contributed by atoms with Crippen LogP contribution in [0.5, 0.6) is 0 Å². The molecule has 0 aliphatic heterocycles. The van der Waals surface area contributed by atoms with Crippen molar-refractivity contribution >= 4 is 15.7 Å². The van der Waals surface area contributed by atoms with Crippen molar-refractivity contribution in [1.29, 1.82) is 0 Å². The summed E-state index contributed by atoms with van der Waals surface area (Å²) in [6.45, 7) is 0.427. The number of nitrogens with one attached hydrogen (secondary N) is 1. The fraction of sp³-hybridized carbons (Fsp3) is 0.538. The Morgan fingerprint density at radius 2 is 1.95 bits per heavy atom. The Bertz CT molecular complexity index is 551. The first kappa shape index (κ1) is 14.3. The van der Waals surface area contributed by atoms with E-state index < -0.39 is 10.0 Å². The average Bonchev–Trinajstić information content (AvgIpc) is 2.27. The third-order valence-corrected chi connectivity index (χ3v) is 5.51. The van der Waals surface area contributed by atoms with Crippen LogP contribution in [0.3, 0.4) is 0 Å². The molecular formula is C13H21N3O2S. The molecule has 1 fully saturated rings. The molecule has 1 aromatic rings. The molecule has 1 aliphatic rings. The summed E-state index contributed by atoms with van der Waals surface area (Å²) < 4.78 is 27.2. The summed E-state index contributed by atoms with van der Waals surface area (Å²) >= 11 is 0. The molecule has 0 heterocycles. The Hall–Kier alpha value is -1.11. The molecular weight excluding hydrogens is 262 g/mol. The van der Waals surface area contributed by atoms with Crippen LogP contribution in [0.1, 0.15) is 19.3 Å². The minimum Gasteiger partial charge on any atom is -0.398 e. The number of sulfonamides is 1. The molecule has 0 aromatic heterocycles. The zero-order chi connectivity index (χ0) is 14.1. The zero-order valence-electron chi connectivity index (χ0n) is 11.4. The number of hydrogen-bond acceptors (Lipinski definition) is 4. The fourth-order valence-electron chi connectivity index (χ4n) is 2.40. The van der Waals surface area contributed by atoms with E-state index in [-0.39, 0.29) is 16.1 Å². The van der Waals surface area contributed by atoms with E-state index in [9.17, 15) is 8.42 Å². The van der Waals surface area contributed by atoms with Crippen LogP contribution < -0.4 is 10.5 Å². The van der Waals surface area contributed by atoms with Gasteiger partial charge in [0.05, 0.1) is 5.69 Å². The van der Waals surface area contributed by atoms with Crippen molar-refractivity contribution in [2.24, 2.45) is 0 Å². The summed E-state index contributed by atoms with van der Waals surface area (Å²) in [6.07, 6.45) is 3.19. The molecule has 106 valence electrons. The minimum absolute atomic E-state index is 0.0450. The lowest BCUT2D eigenvalue weighted by Crippen LogP contribution is -2.57. The maximum Gasteiger partial charge on any atom is 0.242 e. The Kier molecular flexibility index (Phi) is 3.85. The van der Waals surface area contributed by atoms with Gasteiger partial charge in [-0.25, -0.2) is 13.1 Å². The second-order valence-electron chi connectivity index (χ2n) is 5.33. The van der Waals surface area contributed by atoms with Gasteiger partial charge >= 0.3 is 0 Å². The Morgan fingerprint density at radius 3 is 2.42 bits per heavy atom. The molecule has 2 rings (SSSR count). The number of benzene rings is 1. The molecule has 0 atom stereocenters. The van der Waals surface area contributed by atoms with Crippen LogP contribution in [0.15, 0.2) is 29.2 Å². The summed E-state index contributed by atoms with van der Waals surface area (Å²) in [5, 5.41) is 0. The van der Waals surface area contributed by atoms with Crippen molar-refractivity contribution in [2.45, 2.75) is 29.7 Å². The number of nitrogens with two attached hydrogens (primary N) is 1. The minimum atomic E-state index is -3.54. The summed E-state index contributed by atoms with van der Waals surface area (Å²) in [4.78, 5) is 2.26. The number of para-hydroxylation sites is 1. The van der Waals surface area contributed by atoms with Gasteiger partial charge in [0.1, 0.15) is 4.90 Å². The van der Waals surface area contributed by atoms with Gasteiger partial charge < -0.3 is 10.6 Å². The first-order valence-electron chi connectivity index (χ1n) is 6.39. The third kappa shape index (κ3) is 2.75. The van der Waals surface area contributed by atoms with Crippen LogP contribution in [-0.4, -0.2) is 39.5 Å². The normalized spacial score (nSPS) is 18.3. The summed E-state index contributed by atoms with van der Waals surface area (Å²) in [5.74, 6) is 0. The standard InChI is InChI=1S/C13H21N3O2S/c1-16(2)13(8-5-9-13)10-15-19(17,18)12-7-4-3-6-11(12)14/h3-4,6-7,15H,5,8-10,14H2,1-2H3. The lowest BCUT2D eigenvalue weighted by molar-refractivity contribution is 0.0657. The Labute approximate surface area is 114 Å². The van der Waals surface area contributed by atoms with Crippen molar-refractivity contribution in [1.82, 2.24) is 9.62 Å². The highest BCUT2D eigenvalue weighted by atomic mass is 32.2. The smallest absolute Gasteiger partial charge is 0.242 e. The molecule has 0 bridgehead atoms. The molecule has 5 nitrogen and oxygen atoms in total. The van der Waals surface area contributed by atoms with Crippen molar-refractivity contribution in [3.8, 4) is 0 Å². The SMILES string of the molecule is CN(C)C1(CNS(=O)(=O)c2ccccc2N)CCC1. The van der Waals surface area contributed by atoms with Crippen LogP contribution in [0.4, 0.5) is 5.69 Å². The highest BCUT2D eigenvalue weighted by Gasteiger charge is 2.39. The Morgan fingerprint density at radius 1 is 1.32 bits per heavy atom. The quantitative estimate of drug-likeness (QED) is 0.792. The number of anilines is 1. The van der Waals surface area contributed by atoms with E-state index in [1.165, 1.54) is 6.07 Å². The van der Waals surface area contributed by atoms with Crippen molar-refractivity contribution in [3.63, 3.8) is 0 Å². The summed E-state index contributed by atoms with van der Waals surface area (Å²) in [7, 11) is 0.445. The van der Waals surface area contributed by atoms with E-state index in [4.69, 9.17) is 5.73 Å². The predicted molar refractivity (Wildman–Crippen MR) is 76.3 cm³/mol. The maximum atomic E-state index is 12.3. The molecule has 6 heteroatoms. The number of hydrogen-bond donors (Lipinski definition) is 2. The largest absolute Gasteiger partial charge is 0.398 e. The molecule has 1 saturated carbocycles. The maximum absolute atomic E-state index is 12.3. The number of rotatable bonds is 5. The van der Waals surface area contributed by atoms with Gasteiger partial charge in [-0.1, -0.05) is 12.1 Å². The van der Waals surface area contributed by atoms with E-state index >= 15 is 0 Å². The van der Waals surface area contributed by atoms with Crippen molar-refractivity contribution < 1.29 is 8.42 Å². The molecule has 19 heavy (non-hydrogen) atoms. The third-order valence-electron chi connectivity index (χ3n) is 4.03. The van der Waals surface area contributed by atoms with Crippen molar-refractivity contribution in [3.05, 3.63) is 24.3 Å². The van der Waals surface area contributed by atoms with Crippen LogP contribution >= 0.6 is 0 Å². The van der Waals surface area contributed by atoms with Gasteiger partial charge in [0, 0.05) is 12.1 Å². The number of nitrogens with zero attached hydrogens (tertiary/aromatic N) is 1. The van der Waals surface area contributed by atoms with Gasteiger partial charge in [0.25, 0.3) is 0 Å². The van der Waals surface area contributed by atoms with E-state index in [0.29, 0.717) is 6.54 Å². The molecule has 0 unspecified atom stereocenters. The lowest BCUT2D eigenvalue weighted by Gasteiger charge is -2.47. The number of nitrogen functional groups attached to an aromatic ring is 1. The fourth-order valence-corrected chi connectivity index (χ4v) is 3.65. The second kappa shape index (κ2) is 5.11. The van der Waals surface area contributed by atoms with Gasteiger partial charge in [-0.2, -0.15) is 0 Å². The van der Waals surface area contributed by atoms with Gasteiger partial charge in [0.2, 0.25) is 10.0 Å². The van der Waals surface area contributed by atoms with E-state index in [1.807, 2.05) is 14.1 Å². The topological polar surface area (TPSA) is 75.4 Å². The van der Waals surface area contributed by atoms with Crippen LogP contribution in [0, 0.1) is 0 Å². The van der Waals surface area contributed by atoms with Crippen molar-refractivity contribution in [2.75, 3.05) is 26.4 Å². The summed E-state index contributed by atoms with van der Waals surface area (Å²) in [5.41, 5.74) is 5.96. The number of likely N-dealkylation sites (N-methyl/N-ethyl adjacent to an activating group) is 1. The molecule has 1 aromatic carbocycles. The zero-order valence-corrected chi connectivity index (χ0v) is 12.2. The first-order chi connectivity index (χ1) is 8.87. The van der Waals surface area contributed by atoms with Crippen LogP contribution in [-0.2, 0) is 10.0 Å². The van der Waals surface area contributed by atoms with Gasteiger partial charge in [-0.3, -0.25) is 0 Å². The molecule has 0 spiro atoms. The van der Waals surface area contributed by atoms with Crippen LogP contribution in [0.2, 0.25) is 0 Å². The Balaban J connectivity index is 2.13. The van der Waals surface area contributed by atoms with Crippen LogP contribution in [0.25, 0.3) is 0 Å². The highest BCUT2D eigenvalue weighted by Crippen LogP contribution is 2.35. The molecule has 0 saturated heterocycles. The van der Waals surface area contributed by atoms with E-state index in [0.717, 1.165) is 19.3 Å². The van der Waals surface area contributed by atoms with Gasteiger partial charge in [-0.15, -0.1) is 0 Å². The van der Waals surface area contributed by atoms with E-state index in [1.54, 1.807) is 18.2 Å². The monoisotopic (exact) mass is 283 g/mol. The molecule has 1 aliphatic carbocycles.